The predicted molar refractivity (Wildman–Crippen MR) is 77.8 cm³/mol. The minimum absolute atomic E-state index is 0.517. The summed E-state index contributed by atoms with van der Waals surface area (Å²) in [6, 6.07) is 3.81. The van der Waals surface area contributed by atoms with E-state index in [0.717, 1.165) is 23.2 Å². The van der Waals surface area contributed by atoms with Gasteiger partial charge in [-0.1, -0.05) is 11.6 Å². The van der Waals surface area contributed by atoms with Crippen molar-refractivity contribution in [3.05, 3.63) is 41.0 Å². The van der Waals surface area contributed by atoms with Crippen molar-refractivity contribution in [1.29, 1.82) is 0 Å². The molecule has 1 rings (SSSR count). The molecule has 3 nitrogen and oxygen atoms in total. The molecule has 1 aromatic rings. The Labute approximate surface area is 114 Å². The van der Waals surface area contributed by atoms with Crippen molar-refractivity contribution in [2.45, 2.75) is 20.8 Å². The summed E-state index contributed by atoms with van der Waals surface area (Å²) in [5.41, 5.74) is 3.10. The van der Waals surface area contributed by atoms with Gasteiger partial charge in [0.1, 0.15) is 12.9 Å². The van der Waals surface area contributed by atoms with Crippen molar-refractivity contribution < 1.29 is 14.3 Å². The summed E-state index contributed by atoms with van der Waals surface area (Å²) in [5, 5.41) is 0. The Morgan fingerprint density at radius 1 is 1.32 bits per heavy atom. The van der Waals surface area contributed by atoms with Crippen molar-refractivity contribution in [3.8, 4) is 11.5 Å². The number of hydrogen-bond donors (Lipinski definition) is 0. The molecule has 1 aromatic carbocycles. The largest absolute Gasteiger partial charge is 0.493 e. The standard InChI is InChI=1S/C16H20O3/c1-12(2)7-9-19-16-13(3)10-14(6-5-8-17)11-15(16)18-4/h5-8,10-11H,9H2,1-4H3/b6-5+. The highest BCUT2D eigenvalue weighted by molar-refractivity contribution is 5.74. The fraction of sp³-hybridized carbons (Fsp3) is 0.312. The number of aldehydes is 1. The van der Waals surface area contributed by atoms with Gasteiger partial charge in [0.15, 0.2) is 11.5 Å². The second-order valence-electron chi connectivity index (χ2n) is 4.46. The van der Waals surface area contributed by atoms with Crippen LogP contribution in [0.2, 0.25) is 0 Å². The zero-order chi connectivity index (χ0) is 14.3. The summed E-state index contributed by atoms with van der Waals surface area (Å²) in [7, 11) is 1.61. The third-order valence-electron chi connectivity index (χ3n) is 2.57. The van der Waals surface area contributed by atoms with Gasteiger partial charge in [-0.25, -0.2) is 0 Å². The SMILES string of the molecule is COc1cc(/C=C/C=O)cc(C)c1OCC=C(C)C. The molecule has 19 heavy (non-hydrogen) atoms. The highest BCUT2D eigenvalue weighted by atomic mass is 16.5. The van der Waals surface area contributed by atoms with Crippen molar-refractivity contribution >= 4 is 12.4 Å². The average Bonchev–Trinajstić information content (AvgIpc) is 2.37. The molecule has 0 saturated carbocycles. The minimum Gasteiger partial charge on any atom is -0.493 e. The van der Waals surface area contributed by atoms with E-state index in [2.05, 4.69) is 0 Å². The Balaban J connectivity index is 3.00. The third kappa shape index (κ3) is 4.62. The lowest BCUT2D eigenvalue weighted by Gasteiger charge is -2.13. The number of rotatable bonds is 6. The van der Waals surface area contributed by atoms with E-state index in [1.165, 1.54) is 11.6 Å². The van der Waals surface area contributed by atoms with Gasteiger partial charge in [0.25, 0.3) is 0 Å². The molecule has 0 aliphatic carbocycles. The lowest BCUT2D eigenvalue weighted by Crippen LogP contribution is -1.99. The molecule has 0 spiro atoms. The van der Waals surface area contributed by atoms with E-state index in [4.69, 9.17) is 9.47 Å². The van der Waals surface area contributed by atoms with Gasteiger partial charge < -0.3 is 9.47 Å². The number of carbonyl (C=O) groups excluding carboxylic acids is 1. The maximum atomic E-state index is 10.3. The summed E-state index contributed by atoms with van der Waals surface area (Å²) in [5.74, 6) is 1.41. The van der Waals surface area contributed by atoms with Gasteiger partial charge in [0.2, 0.25) is 0 Å². The first kappa shape index (κ1) is 15.0. The van der Waals surface area contributed by atoms with Crippen LogP contribution >= 0.6 is 0 Å². The zero-order valence-corrected chi connectivity index (χ0v) is 11.9. The van der Waals surface area contributed by atoms with Gasteiger partial charge in [-0.3, -0.25) is 4.79 Å². The van der Waals surface area contributed by atoms with Crippen molar-refractivity contribution in [3.63, 3.8) is 0 Å². The molecule has 3 heteroatoms. The normalized spacial score (nSPS) is 10.3. The minimum atomic E-state index is 0.517. The van der Waals surface area contributed by atoms with Crippen LogP contribution in [0.1, 0.15) is 25.0 Å². The lowest BCUT2D eigenvalue weighted by molar-refractivity contribution is -0.104. The van der Waals surface area contributed by atoms with Crippen LogP contribution in [-0.4, -0.2) is 20.0 Å². The Kier molecular flexibility index (Phi) is 5.86. The Morgan fingerprint density at radius 3 is 2.63 bits per heavy atom. The maximum Gasteiger partial charge on any atom is 0.164 e. The second-order valence-corrected chi connectivity index (χ2v) is 4.46. The van der Waals surface area contributed by atoms with Crippen molar-refractivity contribution in [2.24, 2.45) is 0 Å². The van der Waals surface area contributed by atoms with Crippen LogP contribution in [0.4, 0.5) is 0 Å². The number of allylic oxidation sites excluding steroid dienone is 2. The fourth-order valence-electron chi connectivity index (χ4n) is 1.64. The van der Waals surface area contributed by atoms with Crippen molar-refractivity contribution in [1.82, 2.24) is 0 Å². The molecule has 0 amide bonds. The van der Waals surface area contributed by atoms with Crippen molar-refractivity contribution in [2.75, 3.05) is 13.7 Å². The summed E-state index contributed by atoms with van der Waals surface area (Å²) in [4.78, 5) is 10.3. The van der Waals surface area contributed by atoms with E-state index >= 15 is 0 Å². The molecule has 0 aliphatic rings. The first-order valence-corrected chi connectivity index (χ1v) is 6.15. The molecule has 0 bridgehead atoms. The molecule has 0 radical (unpaired) electrons. The van der Waals surface area contributed by atoms with Gasteiger partial charge in [-0.2, -0.15) is 0 Å². The highest BCUT2D eigenvalue weighted by Gasteiger charge is 2.09. The number of aryl methyl sites for hydroxylation is 1. The van der Waals surface area contributed by atoms with E-state index in [-0.39, 0.29) is 0 Å². The number of methoxy groups -OCH3 is 1. The molecule has 0 heterocycles. The van der Waals surface area contributed by atoms with Crippen LogP contribution in [0.5, 0.6) is 11.5 Å². The van der Waals surface area contributed by atoms with Crippen LogP contribution in [0.25, 0.3) is 6.08 Å². The van der Waals surface area contributed by atoms with Crippen LogP contribution < -0.4 is 9.47 Å². The first-order chi connectivity index (χ1) is 9.08. The summed E-state index contributed by atoms with van der Waals surface area (Å²) >= 11 is 0. The molecule has 0 fully saturated rings. The lowest BCUT2D eigenvalue weighted by atomic mass is 10.1. The van der Waals surface area contributed by atoms with E-state index in [9.17, 15) is 4.79 Å². The quantitative estimate of drug-likeness (QED) is 0.445. The molecule has 0 saturated heterocycles. The molecule has 0 aromatic heterocycles. The zero-order valence-electron chi connectivity index (χ0n) is 11.9. The molecule has 0 N–H and O–H groups in total. The van der Waals surface area contributed by atoms with E-state index < -0.39 is 0 Å². The van der Waals surface area contributed by atoms with Crippen LogP contribution in [0.15, 0.2) is 29.9 Å². The van der Waals surface area contributed by atoms with E-state index in [1.807, 2.05) is 39.0 Å². The number of ether oxygens (including phenoxy) is 2. The third-order valence-corrected chi connectivity index (χ3v) is 2.57. The van der Waals surface area contributed by atoms with Gasteiger partial charge in [-0.05, 0) is 56.2 Å². The van der Waals surface area contributed by atoms with Gasteiger partial charge in [0.05, 0.1) is 7.11 Å². The molecular weight excluding hydrogens is 240 g/mol. The van der Waals surface area contributed by atoms with Crippen LogP contribution in [-0.2, 0) is 4.79 Å². The number of carbonyl (C=O) groups is 1. The molecule has 102 valence electrons. The smallest absolute Gasteiger partial charge is 0.164 e. The van der Waals surface area contributed by atoms with Crippen LogP contribution in [0.3, 0.4) is 0 Å². The first-order valence-electron chi connectivity index (χ1n) is 6.15. The van der Waals surface area contributed by atoms with E-state index in [0.29, 0.717) is 12.4 Å². The molecule has 0 aliphatic heterocycles. The van der Waals surface area contributed by atoms with E-state index in [1.54, 1.807) is 13.2 Å². The second kappa shape index (κ2) is 7.41. The van der Waals surface area contributed by atoms with Gasteiger partial charge in [0, 0.05) is 0 Å². The predicted octanol–water partition coefficient (Wildman–Crippen LogP) is 3.56. The van der Waals surface area contributed by atoms with Gasteiger partial charge in [-0.15, -0.1) is 0 Å². The topological polar surface area (TPSA) is 35.5 Å². The monoisotopic (exact) mass is 260 g/mol. The maximum absolute atomic E-state index is 10.3. The van der Waals surface area contributed by atoms with Crippen LogP contribution in [0, 0.1) is 6.92 Å². The molecule has 0 atom stereocenters. The Morgan fingerprint density at radius 2 is 2.05 bits per heavy atom. The summed E-state index contributed by atoms with van der Waals surface area (Å²) in [6.07, 6.45) is 5.96. The number of benzene rings is 1. The Hall–Kier alpha value is -2.03. The summed E-state index contributed by atoms with van der Waals surface area (Å²) < 4.78 is 11.1. The number of hydrogen-bond acceptors (Lipinski definition) is 3. The molecule has 0 unspecified atom stereocenters. The Bertz CT molecular complexity index is 495. The molecular formula is C16H20O3. The summed E-state index contributed by atoms with van der Waals surface area (Å²) in [6.45, 7) is 6.53. The average molecular weight is 260 g/mol. The highest BCUT2D eigenvalue weighted by Crippen LogP contribution is 2.32. The van der Waals surface area contributed by atoms with Gasteiger partial charge >= 0.3 is 0 Å². The fourth-order valence-corrected chi connectivity index (χ4v) is 1.64.